The Hall–Kier alpha value is -1.56. The van der Waals surface area contributed by atoms with Gasteiger partial charge in [-0.2, -0.15) is 0 Å². The molecule has 0 radical (unpaired) electrons. The van der Waals surface area contributed by atoms with Gasteiger partial charge in [0.25, 0.3) is 5.91 Å². The van der Waals surface area contributed by atoms with E-state index in [0.29, 0.717) is 5.56 Å². The van der Waals surface area contributed by atoms with Gasteiger partial charge in [0.2, 0.25) is 0 Å². The lowest BCUT2D eigenvalue weighted by Gasteiger charge is -2.10. The summed E-state index contributed by atoms with van der Waals surface area (Å²) in [5.41, 5.74) is 2.52. The lowest BCUT2D eigenvalue weighted by molar-refractivity contribution is 0.102. The van der Waals surface area contributed by atoms with Gasteiger partial charge in [-0.25, -0.2) is 0 Å². The van der Waals surface area contributed by atoms with Crippen molar-refractivity contribution >= 4 is 34.2 Å². The van der Waals surface area contributed by atoms with Crippen molar-refractivity contribution in [3.05, 3.63) is 57.2 Å². The summed E-state index contributed by atoms with van der Waals surface area (Å²) in [5, 5.41) is 2.92. The minimum absolute atomic E-state index is 0.118. The van der Waals surface area contributed by atoms with Crippen molar-refractivity contribution < 1.29 is 9.53 Å². The van der Waals surface area contributed by atoms with Crippen LogP contribution in [0.3, 0.4) is 0 Å². The first kappa shape index (κ1) is 13.9. The van der Waals surface area contributed by atoms with E-state index in [9.17, 15) is 4.79 Å². The number of halogens is 1. The van der Waals surface area contributed by atoms with Crippen LogP contribution in [-0.2, 0) is 0 Å². The Balaban J connectivity index is 2.18. The Labute approximate surface area is 126 Å². The predicted octanol–water partition coefficient (Wildman–Crippen LogP) is 3.86. The van der Waals surface area contributed by atoms with Crippen LogP contribution >= 0.6 is 22.6 Å². The summed E-state index contributed by atoms with van der Waals surface area (Å²) in [5.74, 6) is 0.620. The van der Waals surface area contributed by atoms with Gasteiger partial charge >= 0.3 is 0 Å². The van der Waals surface area contributed by atoms with Gasteiger partial charge < -0.3 is 10.1 Å². The first-order valence-corrected chi connectivity index (χ1v) is 6.90. The molecule has 19 heavy (non-hydrogen) atoms. The third-order valence-corrected chi connectivity index (χ3v) is 4.04. The summed E-state index contributed by atoms with van der Waals surface area (Å²) >= 11 is 2.25. The van der Waals surface area contributed by atoms with E-state index in [4.69, 9.17) is 4.74 Å². The molecule has 1 N–H and O–H groups in total. The molecule has 0 aromatic heterocycles. The maximum absolute atomic E-state index is 12.1. The third-order valence-electron chi connectivity index (χ3n) is 2.87. The number of methoxy groups -OCH3 is 1. The molecule has 1 amide bonds. The molecule has 98 valence electrons. The van der Waals surface area contributed by atoms with Crippen molar-refractivity contribution in [2.24, 2.45) is 0 Å². The van der Waals surface area contributed by atoms with Crippen molar-refractivity contribution in [3.63, 3.8) is 0 Å². The van der Waals surface area contributed by atoms with Gasteiger partial charge in [0.15, 0.2) is 0 Å². The van der Waals surface area contributed by atoms with E-state index in [1.165, 1.54) is 0 Å². The van der Waals surface area contributed by atoms with E-state index in [2.05, 4.69) is 27.9 Å². The third kappa shape index (κ3) is 3.26. The molecule has 0 spiro atoms. The highest BCUT2D eigenvalue weighted by atomic mass is 127. The molecular formula is C15H14INO2. The Kier molecular flexibility index (Phi) is 4.42. The zero-order valence-electron chi connectivity index (χ0n) is 10.7. The number of nitrogens with one attached hydrogen (secondary N) is 1. The zero-order valence-corrected chi connectivity index (χ0v) is 12.9. The SMILES string of the molecule is COc1ccc(C(=O)Nc2cccc(I)c2C)cc1. The molecule has 0 bridgehead atoms. The smallest absolute Gasteiger partial charge is 0.255 e. The maximum Gasteiger partial charge on any atom is 0.255 e. The van der Waals surface area contributed by atoms with Crippen molar-refractivity contribution in [2.45, 2.75) is 6.92 Å². The van der Waals surface area contributed by atoms with E-state index < -0.39 is 0 Å². The molecular weight excluding hydrogens is 353 g/mol. The fourth-order valence-corrected chi connectivity index (χ4v) is 2.18. The highest BCUT2D eigenvalue weighted by molar-refractivity contribution is 14.1. The first-order valence-electron chi connectivity index (χ1n) is 5.82. The fourth-order valence-electron chi connectivity index (χ4n) is 1.68. The van der Waals surface area contributed by atoms with Crippen molar-refractivity contribution in [3.8, 4) is 5.75 Å². The number of hydrogen-bond donors (Lipinski definition) is 1. The highest BCUT2D eigenvalue weighted by Crippen LogP contribution is 2.21. The fraction of sp³-hybridized carbons (Fsp3) is 0.133. The van der Waals surface area contributed by atoms with E-state index in [0.717, 1.165) is 20.6 Å². The van der Waals surface area contributed by atoms with Gasteiger partial charge in [-0.15, -0.1) is 0 Å². The molecule has 0 fully saturated rings. The Morgan fingerprint density at radius 3 is 2.47 bits per heavy atom. The van der Waals surface area contributed by atoms with E-state index in [-0.39, 0.29) is 5.91 Å². The molecule has 4 heteroatoms. The number of amides is 1. The number of rotatable bonds is 3. The van der Waals surface area contributed by atoms with E-state index in [1.807, 2.05) is 25.1 Å². The molecule has 2 aromatic rings. The molecule has 0 aliphatic carbocycles. The van der Waals surface area contributed by atoms with Crippen LogP contribution in [0.25, 0.3) is 0 Å². The van der Waals surface area contributed by atoms with Crippen molar-refractivity contribution in [1.82, 2.24) is 0 Å². The van der Waals surface area contributed by atoms with Crippen LogP contribution in [0.2, 0.25) is 0 Å². The Morgan fingerprint density at radius 2 is 1.84 bits per heavy atom. The van der Waals surface area contributed by atoms with Crippen molar-refractivity contribution in [1.29, 1.82) is 0 Å². The summed E-state index contributed by atoms with van der Waals surface area (Å²) < 4.78 is 6.20. The van der Waals surface area contributed by atoms with Crippen LogP contribution in [0.15, 0.2) is 42.5 Å². The number of benzene rings is 2. The largest absolute Gasteiger partial charge is 0.497 e. The van der Waals surface area contributed by atoms with Crippen molar-refractivity contribution in [2.75, 3.05) is 12.4 Å². The normalized spacial score (nSPS) is 10.1. The highest BCUT2D eigenvalue weighted by Gasteiger charge is 2.08. The summed E-state index contributed by atoms with van der Waals surface area (Å²) in [6.45, 7) is 1.99. The quantitative estimate of drug-likeness (QED) is 0.837. The molecule has 0 saturated heterocycles. The van der Waals surface area contributed by atoms with Gasteiger partial charge in [0, 0.05) is 14.8 Å². The maximum atomic E-state index is 12.1. The molecule has 0 saturated carbocycles. The molecule has 0 unspecified atom stereocenters. The van der Waals surface area contributed by atoms with Gasteiger partial charge in [-0.1, -0.05) is 6.07 Å². The lowest BCUT2D eigenvalue weighted by atomic mass is 10.1. The number of carbonyl (C=O) groups excluding carboxylic acids is 1. The van der Waals surface area contributed by atoms with Crippen LogP contribution in [0, 0.1) is 10.5 Å². The minimum Gasteiger partial charge on any atom is -0.497 e. The van der Waals surface area contributed by atoms with E-state index in [1.54, 1.807) is 31.4 Å². The second-order valence-electron chi connectivity index (χ2n) is 4.10. The van der Waals surface area contributed by atoms with Gasteiger partial charge in [0.05, 0.1) is 7.11 Å². The second kappa shape index (κ2) is 6.06. The summed E-state index contributed by atoms with van der Waals surface area (Å²) in [7, 11) is 1.60. The van der Waals surface area contributed by atoms with Gasteiger partial charge in [0.1, 0.15) is 5.75 Å². The topological polar surface area (TPSA) is 38.3 Å². The average molecular weight is 367 g/mol. The van der Waals surface area contributed by atoms with Crippen LogP contribution in [0.4, 0.5) is 5.69 Å². The first-order chi connectivity index (χ1) is 9.11. The van der Waals surface area contributed by atoms with Crippen LogP contribution in [-0.4, -0.2) is 13.0 Å². The van der Waals surface area contributed by atoms with Gasteiger partial charge in [-0.05, 0) is 71.5 Å². The van der Waals surface area contributed by atoms with Gasteiger partial charge in [-0.3, -0.25) is 4.79 Å². The number of anilines is 1. The summed E-state index contributed by atoms with van der Waals surface area (Å²) in [6, 6.07) is 12.9. The molecule has 2 aromatic carbocycles. The summed E-state index contributed by atoms with van der Waals surface area (Å²) in [6.07, 6.45) is 0. The number of ether oxygens (including phenoxy) is 1. The molecule has 0 aliphatic heterocycles. The molecule has 3 nitrogen and oxygen atoms in total. The minimum atomic E-state index is -0.118. The predicted molar refractivity (Wildman–Crippen MR) is 84.8 cm³/mol. The molecule has 2 rings (SSSR count). The second-order valence-corrected chi connectivity index (χ2v) is 5.26. The van der Waals surface area contributed by atoms with Crippen LogP contribution in [0.1, 0.15) is 15.9 Å². The molecule has 0 atom stereocenters. The standard InChI is InChI=1S/C15H14INO2/c1-10-13(16)4-3-5-14(10)17-15(18)11-6-8-12(19-2)9-7-11/h3-9H,1-2H3,(H,17,18). The average Bonchev–Trinajstić information content (AvgIpc) is 2.44. The lowest BCUT2D eigenvalue weighted by Crippen LogP contribution is -2.12. The van der Waals surface area contributed by atoms with E-state index >= 15 is 0 Å². The monoisotopic (exact) mass is 367 g/mol. The Bertz CT molecular complexity index is 594. The molecule has 0 aliphatic rings. The summed E-state index contributed by atoms with van der Waals surface area (Å²) in [4.78, 5) is 12.1. The van der Waals surface area contributed by atoms with Crippen LogP contribution in [0.5, 0.6) is 5.75 Å². The number of carbonyl (C=O) groups is 1. The van der Waals surface area contributed by atoms with Crippen LogP contribution < -0.4 is 10.1 Å². The Morgan fingerprint density at radius 1 is 1.16 bits per heavy atom. The zero-order chi connectivity index (χ0) is 13.8. The number of hydrogen-bond acceptors (Lipinski definition) is 2. The molecule has 0 heterocycles.